The predicted octanol–water partition coefficient (Wildman–Crippen LogP) is 1.59. The maximum atomic E-state index is 12.1. The largest absolute Gasteiger partial charge is 0.393 e. The van der Waals surface area contributed by atoms with Gasteiger partial charge in [0, 0.05) is 24.4 Å². The molecule has 0 saturated carbocycles. The Kier molecular flexibility index (Phi) is 3.71. The zero-order chi connectivity index (χ0) is 14.0. The second-order valence-corrected chi connectivity index (χ2v) is 5.75. The van der Waals surface area contributed by atoms with Crippen molar-refractivity contribution in [2.75, 3.05) is 0 Å². The molecule has 2 aromatic heterocycles. The highest BCUT2D eigenvalue weighted by molar-refractivity contribution is 7.80. The summed E-state index contributed by atoms with van der Waals surface area (Å²) < 4.78 is 3.28. The summed E-state index contributed by atoms with van der Waals surface area (Å²) in [7, 11) is 0. The van der Waals surface area contributed by atoms with Crippen molar-refractivity contribution in [1.29, 1.82) is 0 Å². The number of hydrogen-bond donors (Lipinski definition) is 1. The van der Waals surface area contributed by atoms with Crippen LogP contribution >= 0.6 is 12.2 Å². The highest BCUT2D eigenvalue weighted by atomic mass is 32.1. The van der Waals surface area contributed by atoms with Crippen molar-refractivity contribution < 1.29 is 0 Å². The maximum absolute atomic E-state index is 12.1. The van der Waals surface area contributed by atoms with Crippen molar-refractivity contribution >= 4 is 22.7 Å². The first kappa shape index (κ1) is 13.7. The molecule has 5 nitrogen and oxygen atoms in total. The summed E-state index contributed by atoms with van der Waals surface area (Å²) in [5.41, 5.74) is 6.10. The van der Waals surface area contributed by atoms with Gasteiger partial charge in [-0.05, 0) is 18.9 Å². The Morgan fingerprint density at radius 2 is 2.21 bits per heavy atom. The van der Waals surface area contributed by atoms with E-state index in [1.54, 1.807) is 33.7 Å². The molecule has 6 heteroatoms. The number of aromatic nitrogens is 3. The third-order valence-electron chi connectivity index (χ3n) is 3.41. The lowest BCUT2D eigenvalue weighted by molar-refractivity contribution is 0.433. The normalized spacial score (nSPS) is 11.9. The Morgan fingerprint density at radius 1 is 1.47 bits per heavy atom. The van der Waals surface area contributed by atoms with E-state index in [1.165, 1.54) is 0 Å². The van der Waals surface area contributed by atoms with Gasteiger partial charge in [-0.1, -0.05) is 26.1 Å². The van der Waals surface area contributed by atoms with Gasteiger partial charge in [-0.25, -0.2) is 4.52 Å². The zero-order valence-electron chi connectivity index (χ0n) is 11.2. The van der Waals surface area contributed by atoms with Crippen LogP contribution in [0.1, 0.15) is 26.7 Å². The standard InChI is InChI=1S/C13H18N4OS/c1-13(2,12(14)19)5-3-7-16-8-9-17-10(11(16)18)4-6-15-17/h4,6,8-9H,3,5,7H2,1-2H3,(H2,14,19). The molecule has 0 radical (unpaired) electrons. The van der Waals surface area contributed by atoms with Crippen molar-refractivity contribution in [2.24, 2.45) is 11.1 Å². The van der Waals surface area contributed by atoms with Crippen LogP contribution in [0.25, 0.3) is 5.52 Å². The Labute approximate surface area is 117 Å². The minimum absolute atomic E-state index is 0.0202. The number of nitrogens with two attached hydrogens (primary N) is 1. The van der Waals surface area contributed by atoms with Gasteiger partial charge in [0.15, 0.2) is 0 Å². The molecule has 2 heterocycles. The van der Waals surface area contributed by atoms with E-state index in [4.69, 9.17) is 18.0 Å². The molecule has 0 fully saturated rings. The first-order chi connectivity index (χ1) is 8.92. The number of thiocarbonyl (C=S) groups is 1. The highest BCUT2D eigenvalue weighted by Gasteiger charge is 2.20. The molecular formula is C13H18N4OS. The van der Waals surface area contributed by atoms with Crippen LogP contribution in [0, 0.1) is 5.41 Å². The predicted molar refractivity (Wildman–Crippen MR) is 79.3 cm³/mol. The monoisotopic (exact) mass is 278 g/mol. The van der Waals surface area contributed by atoms with Crippen LogP contribution in [0.4, 0.5) is 0 Å². The second kappa shape index (κ2) is 5.13. The van der Waals surface area contributed by atoms with E-state index in [9.17, 15) is 4.79 Å². The summed E-state index contributed by atoms with van der Waals surface area (Å²) >= 11 is 5.04. The number of rotatable bonds is 5. The van der Waals surface area contributed by atoms with Crippen molar-refractivity contribution in [1.82, 2.24) is 14.2 Å². The minimum atomic E-state index is -0.167. The molecule has 102 valence electrons. The van der Waals surface area contributed by atoms with Gasteiger partial charge >= 0.3 is 0 Å². The van der Waals surface area contributed by atoms with Crippen LogP contribution in [0.2, 0.25) is 0 Å². The van der Waals surface area contributed by atoms with Gasteiger partial charge in [0.2, 0.25) is 0 Å². The van der Waals surface area contributed by atoms with Crippen molar-refractivity contribution in [3.8, 4) is 0 Å². The molecule has 0 amide bonds. The number of hydrogen-bond acceptors (Lipinski definition) is 3. The fraction of sp³-hybridized carbons (Fsp3) is 0.462. The fourth-order valence-corrected chi connectivity index (χ4v) is 2.05. The highest BCUT2D eigenvalue weighted by Crippen LogP contribution is 2.22. The van der Waals surface area contributed by atoms with Gasteiger partial charge in [-0.2, -0.15) is 5.10 Å². The van der Waals surface area contributed by atoms with Crippen molar-refractivity contribution in [3.63, 3.8) is 0 Å². The van der Waals surface area contributed by atoms with Crippen molar-refractivity contribution in [2.45, 2.75) is 33.2 Å². The van der Waals surface area contributed by atoms with Crippen LogP contribution in [-0.2, 0) is 6.54 Å². The third kappa shape index (κ3) is 2.84. The molecule has 0 atom stereocenters. The summed E-state index contributed by atoms with van der Waals surface area (Å²) in [6, 6.07) is 1.72. The molecule has 19 heavy (non-hydrogen) atoms. The van der Waals surface area contributed by atoms with E-state index in [1.807, 2.05) is 13.8 Å². The Balaban J connectivity index is 2.08. The summed E-state index contributed by atoms with van der Waals surface area (Å²) in [6.07, 6.45) is 6.89. The average molecular weight is 278 g/mol. The molecule has 2 aromatic rings. The lowest BCUT2D eigenvalue weighted by atomic mass is 9.88. The fourth-order valence-electron chi connectivity index (χ4n) is 1.95. The average Bonchev–Trinajstić information content (AvgIpc) is 2.80. The molecule has 0 aliphatic carbocycles. The lowest BCUT2D eigenvalue weighted by Gasteiger charge is -2.22. The van der Waals surface area contributed by atoms with Crippen LogP contribution in [0.15, 0.2) is 29.5 Å². The molecular weight excluding hydrogens is 260 g/mol. The summed E-state index contributed by atoms with van der Waals surface area (Å²) in [5.74, 6) is 0. The van der Waals surface area contributed by atoms with E-state index >= 15 is 0 Å². The van der Waals surface area contributed by atoms with E-state index in [-0.39, 0.29) is 11.0 Å². The SMILES string of the molecule is CC(C)(CCCn1ccn2nccc2c1=O)C(N)=S. The summed E-state index contributed by atoms with van der Waals surface area (Å²) in [4.78, 5) is 12.7. The van der Waals surface area contributed by atoms with E-state index in [0.717, 1.165) is 12.8 Å². The van der Waals surface area contributed by atoms with Crippen LogP contribution < -0.4 is 11.3 Å². The van der Waals surface area contributed by atoms with Crippen LogP contribution in [-0.4, -0.2) is 19.2 Å². The molecule has 0 saturated heterocycles. The van der Waals surface area contributed by atoms with E-state index in [2.05, 4.69) is 5.10 Å². The summed E-state index contributed by atoms with van der Waals surface area (Å²) in [6.45, 7) is 4.71. The first-order valence-electron chi connectivity index (χ1n) is 6.24. The molecule has 2 N–H and O–H groups in total. The Bertz CT molecular complexity index is 656. The second-order valence-electron chi connectivity index (χ2n) is 5.31. The lowest BCUT2D eigenvalue weighted by Crippen LogP contribution is -2.30. The Hall–Kier alpha value is -1.69. The molecule has 0 aromatic carbocycles. The zero-order valence-corrected chi connectivity index (χ0v) is 12.0. The van der Waals surface area contributed by atoms with Gasteiger partial charge < -0.3 is 10.3 Å². The molecule has 0 bridgehead atoms. The van der Waals surface area contributed by atoms with Gasteiger partial charge in [-0.3, -0.25) is 4.79 Å². The van der Waals surface area contributed by atoms with Gasteiger partial charge in [0.05, 0.1) is 11.2 Å². The number of aryl methyl sites for hydroxylation is 1. The van der Waals surface area contributed by atoms with Crippen molar-refractivity contribution in [3.05, 3.63) is 35.0 Å². The van der Waals surface area contributed by atoms with Gasteiger partial charge in [-0.15, -0.1) is 0 Å². The number of nitrogens with zero attached hydrogens (tertiary/aromatic N) is 3. The molecule has 0 aliphatic heterocycles. The molecule has 0 unspecified atom stereocenters. The Morgan fingerprint density at radius 3 is 2.89 bits per heavy atom. The topological polar surface area (TPSA) is 65.3 Å². The van der Waals surface area contributed by atoms with Crippen LogP contribution in [0.5, 0.6) is 0 Å². The van der Waals surface area contributed by atoms with E-state index in [0.29, 0.717) is 17.0 Å². The first-order valence-corrected chi connectivity index (χ1v) is 6.65. The van der Waals surface area contributed by atoms with Gasteiger partial charge in [0.1, 0.15) is 5.52 Å². The quantitative estimate of drug-likeness (QED) is 0.844. The molecule has 0 spiro atoms. The maximum Gasteiger partial charge on any atom is 0.276 e. The van der Waals surface area contributed by atoms with Crippen LogP contribution in [0.3, 0.4) is 0 Å². The van der Waals surface area contributed by atoms with E-state index < -0.39 is 0 Å². The molecule has 2 rings (SSSR count). The smallest absolute Gasteiger partial charge is 0.276 e. The minimum Gasteiger partial charge on any atom is -0.393 e. The number of fused-ring (bicyclic) bond motifs is 1. The van der Waals surface area contributed by atoms with Gasteiger partial charge in [0.25, 0.3) is 5.56 Å². The molecule has 0 aliphatic rings. The summed E-state index contributed by atoms with van der Waals surface area (Å²) in [5, 5.41) is 4.03. The third-order valence-corrected chi connectivity index (χ3v) is 3.96.